The van der Waals surface area contributed by atoms with E-state index in [0.29, 0.717) is 17.4 Å². The molecule has 0 heterocycles. The minimum atomic E-state index is -4.33. The number of phosphoric ester groups is 1. The Balaban J connectivity index is 4.39. The van der Waals surface area contributed by atoms with Crippen LogP contribution >= 0.6 is 7.82 Å². The van der Waals surface area contributed by atoms with Crippen LogP contribution in [-0.4, -0.2) is 73.4 Å². The van der Waals surface area contributed by atoms with Gasteiger partial charge in [0, 0.05) is 6.42 Å². The molecule has 0 spiro atoms. The van der Waals surface area contributed by atoms with Crippen LogP contribution in [0.5, 0.6) is 0 Å². The predicted octanol–water partition coefficient (Wildman–Crippen LogP) is 10.6. The van der Waals surface area contributed by atoms with Crippen LogP contribution in [0.15, 0.2) is 24.3 Å². The van der Waals surface area contributed by atoms with Crippen molar-refractivity contribution in [1.29, 1.82) is 0 Å². The molecule has 0 rings (SSSR count). The summed E-state index contributed by atoms with van der Waals surface area (Å²) in [5, 5.41) is 13.7. The van der Waals surface area contributed by atoms with Gasteiger partial charge < -0.3 is 19.8 Å². The molecule has 3 N–H and O–H groups in total. The highest BCUT2D eigenvalue weighted by Gasteiger charge is 2.27. The molecule has 0 bridgehead atoms. The van der Waals surface area contributed by atoms with Crippen molar-refractivity contribution in [2.24, 2.45) is 0 Å². The summed E-state index contributed by atoms with van der Waals surface area (Å²) in [6, 6.07) is -0.855. The van der Waals surface area contributed by atoms with Gasteiger partial charge in [-0.1, -0.05) is 160 Å². The minimum Gasteiger partial charge on any atom is -0.387 e. The van der Waals surface area contributed by atoms with Gasteiger partial charge in [-0.25, -0.2) is 4.57 Å². The number of phosphoric acid groups is 1. The van der Waals surface area contributed by atoms with Crippen molar-refractivity contribution in [3.05, 3.63) is 24.3 Å². The summed E-state index contributed by atoms with van der Waals surface area (Å²) in [5.74, 6) is -0.195. The minimum absolute atomic E-state index is 0.0575. The first-order valence-corrected chi connectivity index (χ1v) is 21.7. The molecule has 0 aliphatic heterocycles. The number of carbonyl (C=O) groups is 1. The predicted molar refractivity (Wildman–Crippen MR) is 208 cm³/mol. The van der Waals surface area contributed by atoms with E-state index >= 15 is 0 Å². The lowest BCUT2D eigenvalue weighted by molar-refractivity contribution is -0.870. The molecule has 9 heteroatoms. The van der Waals surface area contributed by atoms with Gasteiger partial charge in [0.1, 0.15) is 13.2 Å². The number of carbonyl (C=O) groups excluding carboxylic acids is 1. The summed E-state index contributed by atoms with van der Waals surface area (Å²) in [6.45, 7) is 4.73. The van der Waals surface area contributed by atoms with E-state index in [1.807, 2.05) is 27.2 Å². The largest absolute Gasteiger partial charge is 0.472 e. The lowest BCUT2D eigenvalue weighted by atomic mass is 10.0. The van der Waals surface area contributed by atoms with Crippen LogP contribution in [-0.2, 0) is 18.4 Å². The first-order chi connectivity index (χ1) is 23.5. The van der Waals surface area contributed by atoms with Crippen LogP contribution < -0.4 is 5.32 Å². The molecule has 0 aromatic rings. The molecule has 0 saturated carbocycles. The topological polar surface area (TPSA) is 105 Å². The molecular formula is C40H80N2O6P+. The fourth-order valence-electron chi connectivity index (χ4n) is 5.64. The van der Waals surface area contributed by atoms with E-state index < -0.39 is 20.0 Å². The van der Waals surface area contributed by atoms with Crippen LogP contribution in [0, 0.1) is 0 Å². The van der Waals surface area contributed by atoms with E-state index in [-0.39, 0.29) is 19.1 Å². The lowest BCUT2D eigenvalue weighted by Gasteiger charge is -2.25. The normalized spacial score (nSPS) is 14.8. The summed E-state index contributed by atoms with van der Waals surface area (Å²) in [7, 11) is 1.55. The third kappa shape index (κ3) is 35.2. The Morgan fingerprint density at radius 1 is 0.673 bits per heavy atom. The molecule has 0 saturated heterocycles. The van der Waals surface area contributed by atoms with E-state index in [9.17, 15) is 19.4 Å². The fraction of sp³-hybridized carbons (Fsp3) is 0.875. The van der Waals surface area contributed by atoms with Crippen molar-refractivity contribution >= 4 is 13.7 Å². The Kier molecular flexibility index (Phi) is 32.2. The first kappa shape index (κ1) is 48.0. The Hall–Kier alpha value is -1.02. The van der Waals surface area contributed by atoms with Crippen molar-refractivity contribution in [2.75, 3.05) is 40.9 Å². The number of nitrogens with zero attached hydrogens (tertiary/aromatic N) is 1. The van der Waals surface area contributed by atoms with E-state index in [1.54, 1.807) is 6.08 Å². The standard InChI is InChI=1S/C40H79N2O6P/c1-6-8-10-12-14-15-16-17-18-19-20-21-22-23-24-25-26-28-29-31-33-39(43)38(37-48-49(45,46)47-36-35-42(3,4)5)41-40(44)34-32-30-27-13-11-9-7-2/h25-26,31,33,38-39,43H,6-24,27-30,32,34-37H2,1-5H3,(H-,41,44,45,46)/p+1/b26-25+,33-31+. The maximum Gasteiger partial charge on any atom is 0.472 e. The monoisotopic (exact) mass is 716 g/mol. The summed E-state index contributed by atoms with van der Waals surface area (Å²) < 4.78 is 23.4. The van der Waals surface area contributed by atoms with Crippen molar-refractivity contribution in [2.45, 2.75) is 187 Å². The second kappa shape index (κ2) is 32.9. The summed E-state index contributed by atoms with van der Waals surface area (Å²) in [6.07, 6.45) is 37.0. The number of amides is 1. The van der Waals surface area contributed by atoms with Crippen molar-refractivity contribution in [3.8, 4) is 0 Å². The number of likely N-dealkylation sites (N-methyl/N-ethyl adjacent to an activating group) is 1. The molecule has 49 heavy (non-hydrogen) atoms. The van der Waals surface area contributed by atoms with Crippen LogP contribution in [0.1, 0.15) is 174 Å². The lowest BCUT2D eigenvalue weighted by Crippen LogP contribution is -2.45. The van der Waals surface area contributed by atoms with Gasteiger partial charge in [-0.15, -0.1) is 0 Å². The van der Waals surface area contributed by atoms with Crippen molar-refractivity contribution in [3.63, 3.8) is 0 Å². The molecular weight excluding hydrogens is 635 g/mol. The number of hydrogen-bond acceptors (Lipinski definition) is 5. The zero-order valence-electron chi connectivity index (χ0n) is 32.7. The third-order valence-electron chi connectivity index (χ3n) is 8.92. The van der Waals surface area contributed by atoms with Gasteiger partial charge in [0.05, 0.1) is 39.9 Å². The maximum atomic E-state index is 12.7. The Morgan fingerprint density at radius 3 is 1.63 bits per heavy atom. The van der Waals surface area contributed by atoms with Gasteiger partial charge >= 0.3 is 7.82 Å². The molecule has 0 radical (unpaired) electrons. The summed E-state index contributed by atoms with van der Waals surface area (Å²) >= 11 is 0. The number of aliphatic hydroxyl groups is 1. The van der Waals surface area contributed by atoms with Crippen molar-refractivity contribution < 1.29 is 32.9 Å². The molecule has 8 nitrogen and oxygen atoms in total. The van der Waals surface area contributed by atoms with Gasteiger partial charge in [0.25, 0.3) is 0 Å². The molecule has 3 atom stereocenters. The molecule has 0 aliphatic rings. The second-order valence-corrected chi connectivity index (χ2v) is 16.5. The van der Waals surface area contributed by atoms with Crippen LogP contribution in [0.2, 0.25) is 0 Å². The number of rotatable bonds is 36. The van der Waals surface area contributed by atoms with E-state index in [2.05, 4.69) is 31.3 Å². The highest BCUT2D eigenvalue weighted by atomic mass is 31.2. The molecule has 1 amide bonds. The fourth-order valence-corrected chi connectivity index (χ4v) is 6.38. The first-order valence-electron chi connectivity index (χ1n) is 20.2. The molecule has 3 unspecified atom stereocenters. The second-order valence-electron chi connectivity index (χ2n) is 15.0. The van der Waals surface area contributed by atoms with E-state index in [4.69, 9.17) is 9.05 Å². The number of hydrogen-bond donors (Lipinski definition) is 3. The molecule has 0 fully saturated rings. The Bertz CT molecular complexity index is 860. The zero-order chi connectivity index (χ0) is 36.5. The highest BCUT2D eigenvalue weighted by Crippen LogP contribution is 2.43. The Labute approximate surface area is 303 Å². The number of allylic oxidation sites excluding steroid dienone is 3. The highest BCUT2D eigenvalue weighted by molar-refractivity contribution is 7.47. The molecule has 0 aromatic carbocycles. The smallest absolute Gasteiger partial charge is 0.387 e. The van der Waals surface area contributed by atoms with Crippen LogP contribution in [0.3, 0.4) is 0 Å². The maximum absolute atomic E-state index is 12.7. The molecule has 0 aliphatic carbocycles. The SMILES string of the molecule is CCCCCCCCCCCCCCCC/C=C/CC/C=C/C(O)C(COP(=O)(O)OCC[N+](C)(C)C)NC(=O)CCCCCCCCC. The van der Waals surface area contributed by atoms with E-state index in [1.165, 1.54) is 116 Å². The van der Waals surface area contributed by atoms with Gasteiger partial charge in [-0.2, -0.15) is 0 Å². The zero-order valence-corrected chi connectivity index (χ0v) is 33.6. The van der Waals surface area contributed by atoms with Gasteiger partial charge in [-0.05, 0) is 32.1 Å². The average Bonchev–Trinajstić information content (AvgIpc) is 3.04. The van der Waals surface area contributed by atoms with Crippen LogP contribution in [0.4, 0.5) is 0 Å². The number of nitrogens with one attached hydrogen (secondary N) is 1. The van der Waals surface area contributed by atoms with Crippen molar-refractivity contribution in [1.82, 2.24) is 5.32 Å². The van der Waals surface area contributed by atoms with Gasteiger partial charge in [0.15, 0.2) is 0 Å². The quantitative estimate of drug-likeness (QED) is 0.0258. The average molecular weight is 716 g/mol. The van der Waals surface area contributed by atoms with Crippen LogP contribution in [0.25, 0.3) is 0 Å². The molecule has 290 valence electrons. The third-order valence-corrected chi connectivity index (χ3v) is 9.91. The van der Waals surface area contributed by atoms with E-state index in [0.717, 1.165) is 38.5 Å². The van der Waals surface area contributed by atoms with Gasteiger partial charge in [0.2, 0.25) is 5.91 Å². The number of quaternary nitrogens is 1. The van der Waals surface area contributed by atoms with Gasteiger partial charge in [-0.3, -0.25) is 13.8 Å². The summed E-state index contributed by atoms with van der Waals surface area (Å²) in [5.41, 5.74) is 0. The number of aliphatic hydroxyl groups excluding tert-OH is 1. The molecule has 0 aromatic heterocycles. The summed E-state index contributed by atoms with van der Waals surface area (Å²) in [4.78, 5) is 22.9. The Morgan fingerprint density at radius 2 is 1.12 bits per heavy atom. The number of unbranched alkanes of at least 4 members (excludes halogenated alkanes) is 21.